The SMILES string of the molecule is CN1C(CN)CC2C1C1CCN2CC1. The molecule has 0 radical (unpaired) electrons. The largest absolute Gasteiger partial charge is 0.329 e. The number of nitrogens with two attached hydrogens (primary N) is 1. The van der Waals surface area contributed by atoms with Gasteiger partial charge in [-0.25, -0.2) is 0 Å². The van der Waals surface area contributed by atoms with Crippen LogP contribution in [0.1, 0.15) is 19.3 Å². The summed E-state index contributed by atoms with van der Waals surface area (Å²) in [6, 6.07) is 2.30. The van der Waals surface area contributed by atoms with Gasteiger partial charge in [0.15, 0.2) is 0 Å². The van der Waals surface area contributed by atoms with E-state index in [9.17, 15) is 0 Å². The van der Waals surface area contributed by atoms with E-state index in [1.54, 1.807) is 0 Å². The third-order valence-electron chi connectivity index (χ3n) is 4.75. The molecule has 0 aliphatic carbocycles. The highest BCUT2D eigenvalue weighted by molar-refractivity contribution is 5.06. The fourth-order valence-corrected chi connectivity index (χ4v) is 3.97. The van der Waals surface area contributed by atoms with Crippen molar-refractivity contribution in [2.75, 3.05) is 26.7 Å². The minimum absolute atomic E-state index is 0.645. The molecule has 4 heterocycles. The first-order chi connectivity index (χ1) is 6.81. The lowest BCUT2D eigenvalue weighted by Crippen LogP contribution is -2.58. The normalized spacial score (nSPS) is 52.3. The zero-order valence-electron chi connectivity index (χ0n) is 9.02. The summed E-state index contributed by atoms with van der Waals surface area (Å²) in [5.41, 5.74) is 5.83. The molecular formula is C11H21N3. The number of hydrogen-bond acceptors (Lipinski definition) is 3. The van der Waals surface area contributed by atoms with Gasteiger partial charge in [-0.05, 0) is 45.3 Å². The summed E-state index contributed by atoms with van der Waals surface area (Å²) in [6.07, 6.45) is 4.15. The average Bonchev–Trinajstić information content (AvgIpc) is 2.60. The summed E-state index contributed by atoms with van der Waals surface area (Å²) in [6.45, 7) is 3.53. The Bertz CT molecular complexity index is 223. The monoisotopic (exact) mass is 195 g/mol. The zero-order valence-corrected chi connectivity index (χ0v) is 9.02. The van der Waals surface area contributed by atoms with Crippen molar-refractivity contribution >= 4 is 0 Å². The molecule has 0 aromatic carbocycles. The van der Waals surface area contributed by atoms with Crippen LogP contribution < -0.4 is 5.73 Å². The Morgan fingerprint density at radius 3 is 2.57 bits per heavy atom. The van der Waals surface area contributed by atoms with Gasteiger partial charge in [-0.15, -0.1) is 0 Å². The molecular weight excluding hydrogens is 174 g/mol. The third kappa shape index (κ3) is 1.09. The molecule has 3 nitrogen and oxygen atoms in total. The Balaban J connectivity index is 1.85. The van der Waals surface area contributed by atoms with Crippen LogP contribution in [0, 0.1) is 5.92 Å². The molecule has 0 amide bonds. The lowest BCUT2D eigenvalue weighted by molar-refractivity contribution is 0.00130. The molecule has 3 unspecified atom stereocenters. The molecule has 3 atom stereocenters. The summed E-state index contributed by atoms with van der Waals surface area (Å²) < 4.78 is 0. The summed E-state index contributed by atoms with van der Waals surface area (Å²) in [5.74, 6) is 0.964. The molecule has 0 aromatic heterocycles. The Labute approximate surface area is 86.2 Å². The van der Waals surface area contributed by atoms with E-state index in [0.29, 0.717) is 6.04 Å². The second kappa shape index (κ2) is 3.19. The first-order valence-electron chi connectivity index (χ1n) is 5.97. The van der Waals surface area contributed by atoms with Gasteiger partial charge in [0.1, 0.15) is 0 Å². The Morgan fingerprint density at radius 1 is 1.29 bits per heavy atom. The topological polar surface area (TPSA) is 32.5 Å². The summed E-state index contributed by atoms with van der Waals surface area (Å²) in [5, 5.41) is 0. The molecule has 4 rings (SSSR count). The predicted octanol–water partition coefficient (Wildman–Crippen LogP) is 0.112. The Kier molecular flexibility index (Phi) is 2.08. The molecule has 2 bridgehead atoms. The highest BCUT2D eigenvalue weighted by atomic mass is 15.3. The van der Waals surface area contributed by atoms with Gasteiger partial charge in [-0.3, -0.25) is 9.80 Å². The number of nitrogens with zero attached hydrogens (tertiary/aromatic N) is 2. The van der Waals surface area contributed by atoms with Gasteiger partial charge in [0.2, 0.25) is 0 Å². The number of fused-ring (bicyclic) bond motifs is 2. The minimum atomic E-state index is 0.645. The predicted molar refractivity (Wildman–Crippen MR) is 57.1 cm³/mol. The number of likely N-dealkylation sites (tertiary alicyclic amines) is 1. The summed E-state index contributed by atoms with van der Waals surface area (Å²) >= 11 is 0. The number of hydrogen-bond donors (Lipinski definition) is 1. The van der Waals surface area contributed by atoms with Crippen LogP contribution in [0.3, 0.4) is 0 Å². The smallest absolute Gasteiger partial charge is 0.0281 e. The van der Waals surface area contributed by atoms with Gasteiger partial charge in [-0.1, -0.05) is 0 Å². The molecule has 4 aliphatic rings. The van der Waals surface area contributed by atoms with Gasteiger partial charge in [-0.2, -0.15) is 0 Å². The molecule has 14 heavy (non-hydrogen) atoms. The van der Waals surface area contributed by atoms with E-state index in [-0.39, 0.29) is 0 Å². The molecule has 4 aliphatic heterocycles. The van der Waals surface area contributed by atoms with E-state index in [1.807, 2.05) is 0 Å². The van der Waals surface area contributed by atoms with Gasteiger partial charge < -0.3 is 5.73 Å². The van der Waals surface area contributed by atoms with Gasteiger partial charge in [0.05, 0.1) is 0 Å². The van der Waals surface area contributed by atoms with Crippen LogP contribution in [-0.2, 0) is 0 Å². The maximum atomic E-state index is 5.83. The summed E-state index contributed by atoms with van der Waals surface area (Å²) in [4.78, 5) is 5.28. The van der Waals surface area contributed by atoms with Crippen LogP contribution in [0.15, 0.2) is 0 Å². The molecule has 0 spiro atoms. The van der Waals surface area contributed by atoms with Crippen molar-refractivity contribution in [1.29, 1.82) is 0 Å². The molecule has 0 aromatic rings. The van der Waals surface area contributed by atoms with Gasteiger partial charge in [0.25, 0.3) is 0 Å². The second-order valence-corrected chi connectivity index (χ2v) is 5.22. The maximum Gasteiger partial charge on any atom is 0.0281 e. The van der Waals surface area contributed by atoms with Crippen LogP contribution in [-0.4, -0.2) is 54.6 Å². The van der Waals surface area contributed by atoms with E-state index >= 15 is 0 Å². The molecule has 2 N–H and O–H groups in total. The standard InChI is InChI=1S/C11H21N3/c1-13-9(7-12)6-10-11(13)8-2-4-14(10)5-3-8/h8-11H,2-7,12H2,1H3. The minimum Gasteiger partial charge on any atom is -0.329 e. The summed E-state index contributed by atoms with van der Waals surface area (Å²) in [7, 11) is 2.28. The molecule has 4 saturated heterocycles. The lowest BCUT2D eigenvalue weighted by Gasteiger charge is -2.49. The number of likely N-dealkylation sites (N-methyl/N-ethyl adjacent to an activating group) is 1. The average molecular weight is 195 g/mol. The van der Waals surface area contributed by atoms with Crippen molar-refractivity contribution in [3.63, 3.8) is 0 Å². The van der Waals surface area contributed by atoms with Crippen molar-refractivity contribution in [1.82, 2.24) is 9.80 Å². The molecule has 80 valence electrons. The van der Waals surface area contributed by atoms with Crippen LogP contribution in [0.25, 0.3) is 0 Å². The van der Waals surface area contributed by atoms with Crippen molar-refractivity contribution in [2.45, 2.75) is 37.4 Å². The maximum absolute atomic E-state index is 5.83. The zero-order chi connectivity index (χ0) is 9.71. The van der Waals surface area contributed by atoms with E-state index in [4.69, 9.17) is 5.73 Å². The molecule has 3 heteroatoms. The Hall–Kier alpha value is -0.120. The van der Waals surface area contributed by atoms with E-state index in [1.165, 1.54) is 32.4 Å². The van der Waals surface area contributed by atoms with Crippen molar-refractivity contribution in [3.8, 4) is 0 Å². The van der Waals surface area contributed by atoms with E-state index in [2.05, 4.69) is 16.8 Å². The highest BCUT2D eigenvalue weighted by Crippen LogP contribution is 2.41. The second-order valence-electron chi connectivity index (χ2n) is 5.22. The number of piperidine rings is 3. The van der Waals surface area contributed by atoms with E-state index in [0.717, 1.165) is 24.5 Å². The molecule has 4 fully saturated rings. The lowest BCUT2D eigenvalue weighted by atomic mass is 9.79. The van der Waals surface area contributed by atoms with E-state index < -0.39 is 0 Å². The third-order valence-corrected chi connectivity index (χ3v) is 4.75. The van der Waals surface area contributed by atoms with Gasteiger partial charge in [0, 0.05) is 24.7 Å². The van der Waals surface area contributed by atoms with Gasteiger partial charge >= 0.3 is 0 Å². The quantitative estimate of drug-likeness (QED) is 0.645. The Morgan fingerprint density at radius 2 is 2.00 bits per heavy atom. The fraction of sp³-hybridized carbons (Fsp3) is 1.00. The number of rotatable bonds is 1. The van der Waals surface area contributed by atoms with Crippen molar-refractivity contribution < 1.29 is 0 Å². The van der Waals surface area contributed by atoms with Crippen LogP contribution in [0.2, 0.25) is 0 Å². The van der Waals surface area contributed by atoms with Crippen LogP contribution in [0.5, 0.6) is 0 Å². The van der Waals surface area contributed by atoms with Crippen molar-refractivity contribution in [3.05, 3.63) is 0 Å². The highest BCUT2D eigenvalue weighted by Gasteiger charge is 2.50. The van der Waals surface area contributed by atoms with Crippen LogP contribution in [0.4, 0.5) is 0 Å². The fourth-order valence-electron chi connectivity index (χ4n) is 3.97. The van der Waals surface area contributed by atoms with Crippen LogP contribution >= 0.6 is 0 Å². The molecule has 0 saturated carbocycles. The first kappa shape index (κ1) is 9.13. The van der Waals surface area contributed by atoms with Crippen molar-refractivity contribution in [2.24, 2.45) is 11.7 Å². The first-order valence-corrected chi connectivity index (χ1v) is 5.97.